The van der Waals surface area contributed by atoms with Gasteiger partial charge in [-0.3, -0.25) is 4.79 Å². The quantitative estimate of drug-likeness (QED) is 0.605. The first kappa shape index (κ1) is 21.5. The molecule has 7 nitrogen and oxygen atoms in total. The maximum absolute atomic E-state index is 12.1. The van der Waals surface area contributed by atoms with Crippen molar-refractivity contribution in [2.45, 2.75) is 52.5 Å². The van der Waals surface area contributed by atoms with Crippen molar-refractivity contribution in [3.8, 4) is 5.75 Å². The molecule has 1 aromatic heterocycles. The summed E-state index contributed by atoms with van der Waals surface area (Å²) in [5.41, 5.74) is 0.904. The van der Waals surface area contributed by atoms with Crippen LogP contribution in [0, 0.1) is 5.92 Å². The Morgan fingerprint density at radius 2 is 2.00 bits per heavy atom. The highest BCUT2D eigenvalue weighted by Crippen LogP contribution is 2.23. The summed E-state index contributed by atoms with van der Waals surface area (Å²) in [7, 11) is 0. The van der Waals surface area contributed by atoms with E-state index in [2.05, 4.69) is 12.2 Å². The Morgan fingerprint density at radius 3 is 2.64 bits per heavy atom. The summed E-state index contributed by atoms with van der Waals surface area (Å²) in [6, 6.07) is 5.62. The molecule has 0 fully saturated rings. The Morgan fingerprint density at radius 1 is 1.25 bits per heavy atom. The summed E-state index contributed by atoms with van der Waals surface area (Å²) in [4.78, 5) is 35.2. The van der Waals surface area contributed by atoms with Crippen LogP contribution in [0.15, 0.2) is 33.5 Å². The molecule has 0 spiro atoms. The number of carbonyl (C=O) groups is 2. The van der Waals surface area contributed by atoms with Crippen molar-refractivity contribution in [2.75, 3.05) is 6.61 Å². The lowest BCUT2D eigenvalue weighted by atomic mass is 9.99. The van der Waals surface area contributed by atoms with Gasteiger partial charge >= 0.3 is 11.6 Å². The Bertz CT molecular complexity index is 888. The van der Waals surface area contributed by atoms with Crippen LogP contribution in [0.5, 0.6) is 5.75 Å². The van der Waals surface area contributed by atoms with E-state index >= 15 is 0 Å². The molecule has 2 aromatic rings. The molecule has 0 radical (unpaired) electrons. The van der Waals surface area contributed by atoms with Crippen molar-refractivity contribution in [1.29, 1.82) is 0 Å². The van der Waals surface area contributed by atoms with E-state index in [0.29, 0.717) is 17.8 Å². The van der Waals surface area contributed by atoms with Gasteiger partial charge in [0.05, 0.1) is 0 Å². The standard InChI is InChI=1S/C21H27NO6/c1-4-6-7-14-10-19(24)28-17-11-15(8-9-16(14)17)27-12-18(23)22-20(21(25)26)13(3)5-2/h8-11,13,20H,4-7,12H2,1-3H3,(H,22,23)(H,25,26)/t13-,20+/m1/s1. The van der Waals surface area contributed by atoms with Crippen molar-refractivity contribution in [2.24, 2.45) is 5.92 Å². The normalized spacial score (nSPS) is 13.1. The number of benzene rings is 1. The van der Waals surface area contributed by atoms with E-state index in [0.717, 1.165) is 30.2 Å². The average molecular weight is 389 g/mol. The van der Waals surface area contributed by atoms with Crippen LogP contribution in [-0.2, 0) is 16.0 Å². The van der Waals surface area contributed by atoms with E-state index in [-0.39, 0.29) is 12.5 Å². The molecule has 1 aromatic carbocycles. The molecule has 0 aliphatic carbocycles. The van der Waals surface area contributed by atoms with Crippen molar-refractivity contribution < 1.29 is 23.8 Å². The molecule has 0 saturated carbocycles. The molecular formula is C21H27NO6. The van der Waals surface area contributed by atoms with Gasteiger partial charge in [-0.25, -0.2) is 9.59 Å². The summed E-state index contributed by atoms with van der Waals surface area (Å²) < 4.78 is 10.7. The van der Waals surface area contributed by atoms with E-state index in [1.165, 1.54) is 6.07 Å². The summed E-state index contributed by atoms with van der Waals surface area (Å²) in [6.07, 6.45) is 3.40. The third-order valence-electron chi connectivity index (χ3n) is 4.77. The zero-order valence-electron chi connectivity index (χ0n) is 16.5. The van der Waals surface area contributed by atoms with E-state index in [1.54, 1.807) is 25.1 Å². The number of ether oxygens (including phenoxy) is 1. The fourth-order valence-corrected chi connectivity index (χ4v) is 2.92. The van der Waals surface area contributed by atoms with E-state index < -0.39 is 23.5 Å². The van der Waals surface area contributed by atoms with Gasteiger partial charge in [-0.1, -0.05) is 33.6 Å². The zero-order valence-corrected chi connectivity index (χ0v) is 16.5. The number of nitrogens with one attached hydrogen (secondary N) is 1. The van der Waals surface area contributed by atoms with Crippen molar-refractivity contribution in [3.63, 3.8) is 0 Å². The number of carboxylic acids is 1. The average Bonchev–Trinajstić information content (AvgIpc) is 2.67. The summed E-state index contributed by atoms with van der Waals surface area (Å²) in [5.74, 6) is -1.42. The van der Waals surface area contributed by atoms with Gasteiger partial charge in [0.1, 0.15) is 17.4 Å². The van der Waals surface area contributed by atoms with Gasteiger partial charge in [-0.05, 0) is 36.5 Å². The molecule has 1 heterocycles. The van der Waals surface area contributed by atoms with Crippen LogP contribution in [0.3, 0.4) is 0 Å². The van der Waals surface area contributed by atoms with E-state index in [9.17, 15) is 19.5 Å². The number of unbranched alkanes of at least 4 members (excludes halogenated alkanes) is 1. The number of fused-ring (bicyclic) bond motifs is 1. The highest BCUT2D eigenvalue weighted by atomic mass is 16.5. The second-order valence-corrected chi connectivity index (χ2v) is 6.91. The largest absolute Gasteiger partial charge is 0.484 e. The van der Waals surface area contributed by atoms with Crippen LogP contribution in [0.4, 0.5) is 0 Å². The number of hydrogen-bond donors (Lipinski definition) is 2. The molecular weight excluding hydrogens is 362 g/mol. The van der Waals surface area contributed by atoms with Gasteiger partial charge in [-0.2, -0.15) is 0 Å². The van der Waals surface area contributed by atoms with Gasteiger partial charge in [0.2, 0.25) is 0 Å². The molecule has 28 heavy (non-hydrogen) atoms. The van der Waals surface area contributed by atoms with Gasteiger partial charge < -0.3 is 19.6 Å². The van der Waals surface area contributed by atoms with Crippen LogP contribution in [0.25, 0.3) is 11.0 Å². The molecule has 2 atom stereocenters. The number of rotatable bonds is 10. The van der Waals surface area contributed by atoms with Crippen LogP contribution in [0.1, 0.15) is 45.6 Å². The first-order valence-corrected chi connectivity index (χ1v) is 9.57. The molecule has 2 N–H and O–H groups in total. The van der Waals surface area contributed by atoms with Crippen molar-refractivity contribution >= 4 is 22.8 Å². The molecule has 0 aliphatic rings. The molecule has 0 unspecified atom stereocenters. The number of aryl methyl sites for hydroxylation is 1. The highest BCUT2D eigenvalue weighted by Gasteiger charge is 2.25. The molecule has 7 heteroatoms. The molecule has 2 rings (SSSR count). The number of amides is 1. The first-order chi connectivity index (χ1) is 13.3. The lowest BCUT2D eigenvalue weighted by Gasteiger charge is -2.20. The molecule has 0 bridgehead atoms. The Balaban J connectivity index is 2.09. The summed E-state index contributed by atoms with van der Waals surface area (Å²) in [5, 5.41) is 12.6. The van der Waals surface area contributed by atoms with Crippen molar-refractivity contribution in [3.05, 3.63) is 40.2 Å². The van der Waals surface area contributed by atoms with Crippen LogP contribution in [-0.4, -0.2) is 29.6 Å². The molecule has 0 aliphatic heterocycles. The number of hydrogen-bond acceptors (Lipinski definition) is 5. The second kappa shape index (κ2) is 9.92. The molecule has 0 saturated heterocycles. The predicted molar refractivity (Wildman–Crippen MR) is 106 cm³/mol. The number of carboxylic acid groups (broad SMARTS) is 1. The maximum Gasteiger partial charge on any atom is 0.336 e. The number of carbonyl (C=O) groups excluding carboxylic acids is 1. The Labute approximate surface area is 163 Å². The Hall–Kier alpha value is -2.83. The third kappa shape index (κ3) is 5.58. The smallest absolute Gasteiger partial charge is 0.336 e. The van der Waals surface area contributed by atoms with Gasteiger partial charge in [-0.15, -0.1) is 0 Å². The van der Waals surface area contributed by atoms with Gasteiger partial charge in [0, 0.05) is 17.5 Å². The lowest BCUT2D eigenvalue weighted by molar-refractivity contribution is -0.143. The van der Waals surface area contributed by atoms with Crippen LogP contribution >= 0.6 is 0 Å². The SMILES string of the molecule is CCCCc1cc(=O)oc2cc(OCC(=O)N[C@H](C(=O)O)[C@H](C)CC)ccc12. The highest BCUT2D eigenvalue weighted by molar-refractivity contribution is 5.85. The molecule has 1 amide bonds. The minimum atomic E-state index is -1.07. The summed E-state index contributed by atoms with van der Waals surface area (Å²) >= 11 is 0. The predicted octanol–water partition coefficient (Wildman–Crippen LogP) is 3.13. The fraction of sp³-hybridized carbons (Fsp3) is 0.476. The first-order valence-electron chi connectivity index (χ1n) is 9.57. The zero-order chi connectivity index (χ0) is 20.7. The van der Waals surface area contributed by atoms with E-state index in [1.807, 2.05) is 6.92 Å². The van der Waals surface area contributed by atoms with Gasteiger partial charge in [0.15, 0.2) is 6.61 Å². The fourth-order valence-electron chi connectivity index (χ4n) is 2.92. The minimum absolute atomic E-state index is 0.196. The molecule has 152 valence electrons. The minimum Gasteiger partial charge on any atom is -0.484 e. The maximum atomic E-state index is 12.1. The number of aliphatic carboxylic acids is 1. The van der Waals surface area contributed by atoms with Crippen LogP contribution < -0.4 is 15.7 Å². The lowest BCUT2D eigenvalue weighted by Crippen LogP contribution is -2.46. The van der Waals surface area contributed by atoms with Crippen LogP contribution in [0.2, 0.25) is 0 Å². The monoisotopic (exact) mass is 389 g/mol. The Kier molecular flexibility index (Phi) is 7.61. The van der Waals surface area contributed by atoms with Gasteiger partial charge in [0.25, 0.3) is 5.91 Å². The summed E-state index contributed by atoms with van der Waals surface area (Å²) in [6.45, 7) is 5.38. The second-order valence-electron chi connectivity index (χ2n) is 6.91. The third-order valence-corrected chi connectivity index (χ3v) is 4.77. The van der Waals surface area contributed by atoms with E-state index in [4.69, 9.17) is 9.15 Å². The van der Waals surface area contributed by atoms with Crippen molar-refractivity contribution in [1.82, 2.24) is 5.32 Å². The topological polar surface area (TPSA) is 106 Å².